The van der Waals surface area contributed by atoms with Crippen molar-refractivity contribution < 1.29 is 0 Å². The maximum Gasteiger partial charge on any atom is 0.293 e. The van der Waals surface area contributed by atoms with Crippen molar-refractivity contribution >= 4 is 17.4 Å². The van der Waals surface area contributed by atoms with Crippen molar-refractivity contribution in [1.82, 2.24) is 9.55 Å². The van der Waals surface area contributed by atoms with E-state index in [0.29, 0.717) is 23.5 Å². The highest BCUT2D eigenvalue weighted by Crippen LogP contribution is 2.30. The molecule has 0 bridgehead atoms. The second-order valence-corrected chi connectivity index (χ2v) is 5.34. The highest BCUT2D eigenvalue weighted by Gasteiger charge is 2.24. The summed E-state index contributed by atoms with van der Waals surface area (Å²) in [5.74, 6) is 2.29. The van der Waals surface area contributed by atoms with Crippen LogP contribution >= 0.6 is 11.6 Å². The van der Waals surface area contributed by atoms with Gasteiger partial charge in [0, 0.05) is 31.9 Å². The van der Waals surface area contributed by atoms with Gasteiger partial charge in [-0.05, 0) is 24.7 Å². The number of aromatic nitrogens is 2. The molecule has 2 unspecified atom stereocenters. The molecule has 0 aromatic carbocycles. The van der Waals surface area contributed by atoms with Crippen LogP contribution in [-0.2, 0) is 7.05 Å². The number of hydrogen-bond acceptors (Lipinski definition) is 3. The fourth-order valence-corrected chi connectivity index (χ4v) is 3.01. The van der Waals surface area contributed by atoms with Crippen LogP contribution in [0.5, 0.6) is 0 Å². The summed E-state index contributed by atoms with van der Waals surface area (Å²) in [6, 6.07) is 0. The molecular formula is C13H20ClN3O. The van der Waals surface area contributed by atoms with Gasteiger partial charge in [-0.2, -0.15) is 0 Å². The van der Waals surface area contributed by atoms with E-state index in [2.05, 4.69) is 10.3 Å². The van der Waals surface area contributed by atoms with Crippen molar-refractivity contribution in [1.29, 1.82) is 0 Å². The van der Waals surface area contributed by atoms with E-state index in [0.717, 1.165) is 6.54 Å². The Hall–Kier alpha value is -1.03. The van der Waals surface area contributed by atoms with Crippen molar-refractivity contribution in [2.24, 2.45) is 18.9 Å². The number of nitrogens with one attached hydrogen (secondary N) is 1. The molecule has 2 atom stereocenters. The lowest BCUT2D eigenvalue weighted by Gasteiger charge is -2.30. The standard InChI is InChI=1S/C13H20ClN3O/c1-17-7-6-15-12(13(17)18)16-9-11-5-3-2-4-10(11)8-14/h6-7,10-11H,2-5,8-9H2,1H3,(H,15,16). The van der Waals surface area contributed by atoms with Crippen molar-refractivity contribution in [3.05, 3.63) is 22.7 Å². The molecule has 1 heterocycles. The van der Waals surface area contributed by atoms with Crippen LogP contribution in [0.2, 0.25) is 0 Å². The van der Waals surface area contributed by atoms with Crippen molar-refractivity contribution in [3.63, 3.8) is 0 Å². The van der Waals surface area contributed by atoms with Crippen molar-refractivity contribution in [3.8, 4) is 0 Å². The van der Waals surface area contributed by atoms with Crippen LogP contribution in [-0.4, -0.2) is 22.0 Å². The highest BCUT2D eigenvalue weighted by atomic mass is 35.5. The Kier molecular flexibility index (Phi) is 4.64. The van der Waals surface area contributed by atoms with Gasteiger partial charge < -0.3 is 9.88 Å². The highest BCUT2D eigenvalue weighted by molar-refractivity contribution is 6.18. The summed E-state index contributed by atoms with van der Waals surface area (Å²) in [6.07, 6.45) is 8.24. The summed E-state index contributed by atoms with van der Waals surface area (Å²) in [4.78, 5) is 15.9. The molecule has 1 aromatic heterocycles. The zero-order chi connectivity index (χ0) is 13.0. The lowest BCUT2D eigenvalue weighted by Crippen LogP contribution is -2.30. The second kappa shape index (κ2) is 6.23. The summed E-state index contributed by atoms with van der Waals surface area (Å²) >= 11 is 6.00. The SMILES string of the molecule is Cn1ccnc(NCC2CCCCC2CCl)c1=O. The topological polar surface area (TPSA) is 46.9 Å². The van der Waals surface area contributed by atoms with Gasteiger partial charge in [0.2, 0.25) is 0 Å². The zero-order valence-electron chi connectivity index (χ0n) is 10.7. The summed E-state index contributed by atoms with van der Waals surface area (Å²) < 4.78 is 1.54. The van der Waals surface area contributed by atoms with E-state index in [4.69, 9.17) is 11.6 Å². The minimum absolute atomic E-state index is 0.0734. The predicted molar refractivity (Wildman–Crippen MR) is 74.1 cm³/mol. The fraction of sp³-hybridized carbons (Fsp3) is 0.692. The van der Waals surface area contributed by atoms with E-state index in [9.17, 15) is 4.79 Å². The molecule has 1 aromatic rings. The molecule has 2 rings (SSSR count). The molecular weight excluding hydrogens is 250 g/mol. The van der Waals surface area contributed by atoms with E-state index >= 15 is 0 Å². The van der Waals surface area contributed by atoms with Gasteiger partial charge in [-0.15, -0.1) is 11.6 Å². The maximum atomic E-state index is 11.8. The minimum atomic E-state index is -0.0734. The third-order valence-corrected chi connectivity index (χ3v) is 4.21. The number of hydrogen-bond donors (Lipinski definition) is 1. The van der Waals surface area contributed by atoms with E-state index in [-0.39, 0.29) is 5.56 Å². The van der Waals surface area contributed by atoms with Crippen LogP contribution in [0.25, 0.3) is 0 Å². The van der Waals surface area contributed by atoms with Gasteiger partial charge in [-0.1, -0.05) is 12.8 Å². The molecule has 1 aliphatic rings. The van der Waals surface area contributed by atoms with Crippen LogP contribution in [0.15, 0.2) is 17.2 Å². The molecule has 1 saturated carbocycles. The van der Waals surface area contributed by atoms with E-state index in [1.807, 2.05) is 0 Å². The van der Waals surface area contributed by atoms with Gasteiger partial charge >= 0.3 is 0 Å². The number of anilines is 1. The van der Waals surface area contributed by atoms with Crippen molar-refractivity contribution in [2.75, 3.05) is 17.7 Å². The Morgan fingerprint density at radius 2 is 2.17 bits per heavy atom. The number of rotatable bonds is 4. The largest absolute Gasteiger partial charge is 0.365 e. The summed E-state index contributed by atoms with van der Waals surface area (Å²) in [5.41, 5.74) is -0.0734. The second-order valence-electron chi connectivity index (χ2n) is 5.03. The Morgan fingerprint density at radius 3 is 2.89 bits per heavy atom. The fourth-order valence-electron chi connectivity index (χ4n) is 2.60. The molecule has 1 aliphatic carbocycles. The van der Waals surface area contributed by atoms with E-state index in [1.165, 1.54) is 30.3 Å². The van der Waals surface area contributed by atoms with Gasteiger partial charge in [0.15, 0.2) is 5.82 Å². The maximum absolute atomic E-state index is 11.8. The summed E-state index contributed by atoms with van der Waals surface area (Å²) in [7, 11) is 1.73. The van der Waals surface area contributed by atoms with Gasteiger partial charge in [-0.3, -0.25) is 4.79 Å². The van der Waals surface area contributed by atoms with Crippen LogP contribution in [0.4, 0.5) is 5.82 Å². The monoisotopic (exact) mass is 269 g/mol. The number of aryl methyl sites for hydroxylation is 1. The van der Waals surface area contributed by atoms with Gasteiger partial charge in [0.05, 0.1) is 0 Å². The molecule has 100 valence electrons. The molecule has 1 fully saturated rings. The average Bonchev–Trinajstić information content (AvgIpc) is 2.41. The molecule has 18 heavy (non-hydrogen) atoms. The third kappa shape index (κ3) is 3.05. The Balaban J connectivity index is 1.98. The van der Waals surface area contributed by atoms with Gasteiger partial charge in [0.1, 0.15) is 0 Å². The van der Waals surface area contributed by atoms with E-state index in [1.54, 1.807) is 19.4 Å². The first kappa shape index (κ1) is 13.4. The first-order chi connectivity index (χ1) is 8.72. The quantitative estimate of drug-likeness (QED) is 0.853. The number of alkyl halides is 1. The minimum Gasteiger partial charge on any atom is -0.365 e. The molecule has 0 saturated heterocycles. The molecule has 0 radical (unpaired) electrons. The molecule has 1 N–H and O–H groups in total. The smallest absolute Gasteiger partial charge is 0.293 e. The summed E-state index contributed by atoms with van der Waals surface area (Å²) in [5, 5.41) is 3.18. The van der Waals surface area contributed by atoms with Crippen LogP contribution < -0.4 is 10.9 Å². The molecule has 0 aliphatic heterocycles. The molecule has 0 amide bonds. The van der Waals surface area contributed by atoms with Crippen molar-refractivity contribution in [2.45, 2.75) is 25.7 Å². The first-order valence-corrected chi connectivity index (χ1v) is 7.07. The predicted octanol–water partition coefficient (Wildman–Crippen LogP) is 2.24. The first-order valence-electron chi connectivity index (χ1n) is 6.54. The zero-order valence-corrected chi connectivity index (χ0v) is 11.5. The lowest BCUT2D eigenvalue weighted by atomic mass is 9.80. The average molecular weight is 270 g/mol. The molecule has 4 nitrogen and oxygen atoms in total. The van der Waals surface area contributed by atoms with Gasteiger partial charge in [-0.25, -0.2) is 4.98 Å². The molecule has 5 heteroatoms. The normalized spacial score (nSPS) is 23.9. The van der Waals surface area contributed by atoms with Crippen LogP contribution in [0.3, 0.4) is 0 Å². The van der Waals surface area contributed by atoms with E-state index < -0.39 is 0 Å². The number of nitrogens with zero attached hydrogens (tertiary/aromatic N) is 2. The summed E-state index contributed by atoms with van der Waals surface area (Å²) in [6.45, 7) is 0.795. The number of halogens is 1. The Morgan fingerprint density at radius 1 is 1.44 bits per heavy atom. The van der Waals surface area contributed by atoms with Crippen LogP contribution in [0, 0.1) is 11.8 Å². The van der Waals surface area contributed by atoms with Gasteiger partial charge in [0.25, 0.3) is 5.56 Å². The Bertz CT molecular complexity index is 446. The third-order valence-electron chi connectivity index (χ3n) is 3.81. The van der Waals surface area contributed by atoms with Crippen LogP contribution in [0.1, 0.15) is 25.7 Å². The molecule has 0 spiro atoms. The Labute approximate surface area is 112 Å². The lowest BCUT2D eigenvalue weighted by molar-refractivity contribution is 0.272.